The van der Waals surface area contributed by atoms with Gasteiger partial charge in [-0.05, 0) is 35.9 Å². The molecule has 1 amide bonds. The van der Waals surface area contributed by atoms with Crippen molar-refractivity contribution in [2.24, 2.45) is 0 Å². The lowest BCUT2D eigenvalue weighted by molar-refractivity contribution is 0.0915. The topological polar surface area (TPSA) is 58.6 Å². The van der Waals surface area contributed by atoms with Crippen LogP contribution in [0, 0.1) is 17.5 Å². The van der Waals surface area contributed by atoms with Gasteiger partial charge >= 0.3 is 0 Å². The number of amides is 1. The number of ether oxygens (including phenoxy) is 1. The molecule has 0 bridgehead atoms. The van der Waals surface area contributed by atoms with Crippen molar-refractivity contribution in [1.82, 2.24) is 5.32 Å². The molecule has 2 N–H and O–H groups in total. The van der Waals surface area contributed by atoms with Crippen LogP contribution in [0.15, 0.2) is 36.4 Å². The minimum atomic E-state index is -1.61. The van der Waals surface area contributed by atoms with Gasteiger partial charge in [-0.25, -0.2) is 13.2 Å². The summed E-state index contributed by atoms with van der Waals surface area (Å²) in [6.45, 7) is -0.611. The molecule has 2 aromatic carbocycles. The fourth-order valence-corrected chi connectivity index (χ4v) is 2.02. The monoisotopic (exact) mass is 325 g/mol. The first-order chi connectivity index (χ1) is 11.0. The highest BCUT2D eigenvalue weighted by molar-refractivity contribution is 5.94. The summed E-state index contributed by atoms with van der Waals surface area (Å²) in [6.07, 6.45) is 0. The highest BCUT2D eigenvalue weighted by atomic mass is 19.2. The predicted molar refractivity (Wildman–Crippen MR) is 76.6 cm³/mol. The molecule has 1 unspecified atom stereocenters. The van der Waals surface area contributed by atoms with Crippen molar-refractivity contribution in [3.05, 3.63) is 65.0 Å². The molecule has 0 saturated heterocycles. The van der Waals surface area contributed by atoms with E-state index in [0.717, 1.165) is 12.1 Å². The second-order valence-corrected chi connectivity index (χ2v) is 4.74. The van der Waals surface area contributed by atoms with Gasteiger partial charge in [0.25, 0.3) is 5.91 Å². The van der Waals surface area contributed by atoms with E-state index in [0.29, 0.717) is 5.75 Å². The third-order valence-corrected chi connectivity index (χ3v) is 3.23. The number of benzene rings is 2. The van der Waals surface area contributed by atoms with Crippen molar-refractivity contribution >= 4 is 5.91 Å². The van der Waals surface area contributed by atoms with Gasteiger partial charge in [-0.15, -0.1) is 0 Å². The fourth-order valence-electron chi connectivity index (χ4n) is 2.02. The van der Waals surface area contributed by atoms with Crippen LogP contribution in [0.4, 0.5) is 13.2 Å². The van der Waals surface area contributed by atoms with E-state index in [-0.39, 0.29) is 11.1 Å². The Morgan fingerprint density at radius 2 is 1.87 bits per heavy atom. The molecule has 0 heterocycles. The number of aliphatic hydroxyl groups is 1. The van der Waals surface area contributed by atoms with Gasteiger partial charge in [-0.1, -0.05) is 6.07 Å². The first kappa shape index (κ1) is 16.8. The molecule has 2 rings (SSSR count). The molecule has 2 aromatic rings. The Balaban J connectivity index is 2.23. The minimum absolute atomic E-state index is 0.0832. The Hall–Kier alpha value is -2.54. The Kier molecular flexibility index (Phi) is 5.23. The number of aliphatic hydroxyl groups excluding tert-OH is 1. The summed E-state index contributed by atoms with van der Waals surface area (Å²) in [5.74, 6) is -4.52. The summed E-state index contributed by atoms with van der Waals surface area (Å²) < 4.78 is 44.5. The smallest absolute Gasteiger partial charge is 0.251 e. The first-order valence-corrected chi connectivity index (χ1v) is 6.66. The fraction of sp³-hybridized carbons (Fsp3) is 0.188. The normalized spacial score (nSPS) is 11.9. The zero-order valence-corrected chi connectivity index (χ0v) is 12.1. The van der Waals surface area contributed by atoms with E-state index in [1.165, 1.54) is 19.2 Å². The van der Waals surface area contributed by atoms with Gasteiger partial charge in [-0.3, -0.25) is 4.79 Å². The average Bonchev–Trinajstić information content (AvgIpc) is 2.56. The van der Waals surface area contributed by atoms with E-state index in [1.807, 2.05) is 0 Å². The third-order valence-electron chi connectivity index (χ3n) is 3.23. The molecule has 7 heteroatoms. The van der Waals surface area contributed by atoms with Gasteiger partial charge in [0, 0.05) is 5.56 Å². The average molecular weight is 325 g/mol. The van der Waals surface area contributed by atoms with Gasteiger partial charge in [0.1, 0.15) is 5.75 Å². The molecular formula is C16H14F3NO3. The summed E-state index contributed by atoms with van der Waals surface area (Å²) in [4.78, 5) is 12.2. The Morgan fingerprint density at radius 1 is 1.22 bits per heavy atom. The molecule has 0 spiro atoms. The number of hydrogen-bond acceptors (Lipinski definition) is 3. The largest absolute Gasteiger partial charge is 0.497 e. The summed E-state index contributed by atoms with van der Waals surface area (Å²) in [6, 6.07) is 6.59. The predicted octanol–water partition coefficient (Wildman–Crippen LogP) is 2.58. The van der Waals surface area contributed by atoms with Gasteiger partial charge in [0.2, 0.25) is 0 Å². The van der Waals surface area contributed by atoms with E-state index in [9.17, 15) is 23.1 Å². The van der Waals surface area contributed by atoms with Crippen LogP contribution in [-0.2, 0) is 0 Å². The summed E-state index contributed by atoms with van der Waals surface area (Å²) in [7, 11) is 1.44. The van der Waals surface area contributed by atoms with Crippen LogP contribution >= 0.6 is 0 Å². The van der Waals surface area contributed by atoms with Crippen molar-refractivity contribution in [3.8, 4) is 5.75 Å². The van der Waals surface area contributed by atoms with Gasteiger partial charge in [-0.2, -0.15) is 0 Å². The zero-order valence-electron chi connectivity index (χ0n) is 12.1. The second kappa shape index (κ2) is 7.15. The number of carbonyl (C=O) groups excluding carboxylic acids is 1. The molecule has 0 radical (unpaired) electrons. The molecule has 0 fully saturated rings. The van der Waals surface area contributed by atoms with Crippen LogP contribution < -0.4 is 10.1 Å². The van der Waals surface area contributed by atoms with Crippen LogP contribution in [-0.4, -0.2) is 24.7 Å². The maximum absolute atomic E-state index is 13.3. The molecule has 23 heavy (non-hydrogen) atoms. The molecule has 0 aliphatic heterocycles. The molecule has 4 nitrogen and oxygen atoms in total. The highest BCUT2D eigenvalue weighted by Gasteiger charge is 2.19. The lowest BCUT2D eigenvalue weighted by Crippen LogP contribution is -2.31. The Bertz CT molecular complexity index is 698. The summed E-state index contributed by atoms with van der Waals surface area (Å²) in [5.41, 5.74) is 0.158. The van der Waals surface area contributed by atoms with Crippen molar-refractivity contribution in [1.29, 1.82) is 0 Å². The van der Waals surface area contributed by atoms with Crippen LogP contribution in [0.25, 0.3) is 0 Å². The van der Waals surface area contributed by atoms with E-state index < -0.39 is 36.0 Å². The minimum Gasteiger partial charge on any atom is -0.497 e. The summed E-state index contributed by atoms with van der Waals surface area (Å²) >= 11 is 0. The number of halogens is 3. The lowest BCUT2D eigenvalue weighted by atomic mass is 10.1. The Morgan fingerprint density at radius 3 is 2.43 bits per heavy atom. The van der Waals surface area contributed by atoms with Crippen molar-refractivity contribution in [2.75, 3.05) is 13.7 Å². The SMILES string of the molecule is COc1cccc(C(=O)NC(CO)c2cc(F)c(F)c(F)c2)c1. The van der Waals surface area contributed by atoms with Crippen LogP contribution in [0.5, 0.6) is 5.75 Å². The van der Waals surface area contributed by atoms with Crippen LogP contribution in [0.2, 0.25) is 0 Å². The maximum atomic E-state index is 13.3. The van der Waals surface area contributed by atoms with Crippen LogP contribution in [0.3, 0.4) is 0 Å². The Labute approximate surface area is 130 Å². The van der Waals surface area contributed by atoms with E-state index >= 15 is 0 Å². The number of hydrogen-bond donors (Lipinski definition) is 2. The molecular weight excluding hydrogens is 311 g/mol. The molecule has 1 atom stereocenters. The van der Waals surface area contributed by atoms with Crippen molar-refractivity contribution in [2.45, 2.75) is 6.04 Å². The van der Waals surface area contributed by atoms with E-state index in [4.69, 9.17) is 4.74 Å². The summed E-state index contributed by atoms with van der Waals surface area (Å²) in [5, 5.41) is 11.8. The first-order valence-electron chi connectivity index (χ1n) is 6.66. The molecule has 0 aromatic heterocycles. The molecule has 0 saturated carbocycles. The van der Waals surface area contributed by atoms with Crippen molar-refractivity contribution in [3.63, 3.8) is 0 Å². The quantitative estimate of drug-likeness (QED) is 0.831. The standard InChI is InChI=1S/C16H14F3NO3/c1-23-11-4-2-3-9(5-11)16(22)20-14(8-21)10-6-12(17)15(19)13(18)7-10/h2-7,14,21H,8H2,1H3,(H,20,22). The maximum Gasteiger partial charge on any atom is 0.251 e. The third kappa shape index (κ3) is 3.81. The van der Waals surface area contributed by atoms with Gasteiger partial charge in [0.15, 0.2) is 17.5 Å². The van der Waals surface area contributed by atoms with Crippen molar-refractivity contribution < 1.29 is 27.8 Å². The number of nitrogens with one attached hydrogen (secondary N) is 1. The van der Waals surface area contributed by atoms with E-state index in [2.05, 4.69) is 5.32 Å². The molecule has 0 aliphatic rings. The van der Waals surface area contributed by atoms with Gasteiger partial charge in [0.05, 0.1) is 19.8 Å². The number of carbonyl (C=O) groups is 1. The highest BCUT2D eigenvalue weighted by Crippen LogP contribution is 2.20. The van der Waals surface area contributed by atoms with E-state index in [1.54, 1.807) is 12.1 Å². The second-order valence-electron chi connectivity index (χ2n) is 4.74. The zero-order chi connectivity index (χ0) is 17.0. The molecule has 0 aliphatic carbocycles. The van der Waals surface area contributed by atoms with Crippen LogP contribution in [0.1, 0.15) is 22.0 Å². The number of methoxy groups -OCH3 is 1. The van der Waals surface area contributed by atoms with Gasteiger partial charge < -0.3 is 15.2 Å². The lowest BCUT2D eigenvalue weighted by Gasteiger charge is -2.17. The number of rotatable bonds is 5. The molecule has 122 valence electrons.